The summed E-state index contributed by atoms with van der Waals surface area (Å²) in [7, 11) is 0. The molecule has 0 amide bonds. The second-order valence-corrected chi connectivity index (χ2v) is 6.47. The van der Waals surface area contributed by atoms with Gasteiger partial charge < -0.3 is 4.74 Å². The van der Waals surface area contributed by atoms with Gasteiger partial charge in [0.05, 0.1) is 12.7 Å². The van der Waals surface area contributed by atoms with Gasteiger partial charge in [-0.15, -0.1) is 0 Å². The van der Waals surface area contributed by atoms with Crippen molar-refractivity contribution in [2.75, 3.05) is 6.61 Å². The van der Waals surface area contributed by atoms with Crippen molar-refractivity contribution in [2.24, 2.45) is 0 Å². The average molecular weight is 307 g/mol. The van der Waals surface area contributed by atoms with Crippen molar-refractivity contribution in [3.63, 3.8) is 0 Å². The lowest BCUT2D eigenvalue weighted by atomic mass is 9.86. The van der Waals surface area contributed by atoms with Crippen LogP contribution in [0.1, 0.15) is 65.2 Å². The zero-order valence-corrected chi connectivity index (χ0v) is 13.2. The van der Waals surface area contributed by atoms with Crippen LogP contribution >= 0.6 is 0 Å². The molecule has 3 rings (SSSR count). The van der Waals surface area contributed by atoms with Gasteiger partial charge in [0.1, 0.15) is 6.04 Å². The molecule has 3 heterocycles. The highest BCUT2D eigenvalue weighted by molar-refractivity contribution is 5.01. The standard InChI is InChI=1S/C16H28F3NO/c1-3-5-7-12(8-6-4-2)20-13-9-10-14(21-11-13)15(20)16(17,18)19/h12-15H,3-11H2,1-2H3/t13?,14?,15-/m1/s1. The van der Waals surface area contributed by atoms with Gasteiger partial charge >= 0.3 is 6.18 Å². The molecule has 3 aliphatic heterocycles. The summed E-state index contributed by atoms with van der Waals surface area (Å²) < 4.78 is 46.0. The van der Waals surface area contributed by atoms with Gasteiger partial charge in [-0.25, -0.2) is 0 Å². The number of piperidine rings is 1. The third-order valence-electron chi connectivity index (χ3n) is 4.92. The van der Waals surface area contributed by atoms with E-state index in [4.69, 9.17) is 4.74 Å². The van der Waals surface area contributed by atoms with Crippen molar-refractivity contribution >= 4 is 0 Å². The monoisotopic (exact) mass is 307 g/mol. The van der Waals surface area contributed by atoms with Gasteiger partial charge in [-0.1, -0.05) is 39.5 Å². The Balaban J connectivity index is 2.17. The van der Waals surface area contributed by atoms with E-state index in [-0.39, 0.29) is 12.1 Å². The molecule has 0 aromatic heterocycles. The van der Waals surface area contributed by atoms with Crippen LogP contribution < -0.4 is 0 Å². The maximum Gasteiger partial charge on any atom is 0.406 e. The molecule has 3 fully saturated rings. The van der Waals surface area contributed by atoms with Crippen molar-refractivity contribution < 1.29 is 17.9 Å². The van der Waals surface area contributed by atoms with E-state index >= 15 is 0 Å². The van der Waals surface area contributed by atoms with E-state index in [9.17, 15) is 13.2 Å². The summed E-state index contributed by atoms with van der Waals surface area (Å²) in [5, 5.41) is 0. The van der Waals surface area contributed by atoms with E-state index in [1.807, 2.05) is 0 Å². The maximum absolute atomic E-state index is 13.5. The Bertz CT molecular complexity index is 305. The molecule has 2 unspecified atom stereocenters. The van der Waals surface area contributed by atoms with Crippen molar-refractivity contribution in [3.8, 4) is 0 Å². The molecule has 0 aromatic carbocycles. The number of rotatable bonds is 7. The summed E-state index contributed by atoms with van der Waals surface area (Å²) in [4.78, 5) is 1.79. The lowest BCUT2D eigenvalue weighted by Gasteiger charge is -2.54. The average Bonchev–Trinajstić information content (AvgIpc) is 2.47. The maximum atomic E-state index is 13.5. The molecule has 3 atom stereocenters. The molecule has 0 aliphatic carbocycles. The molecule has 2 nitrogen and oxygen atoms in total. The van der Waals surface area contributed by atoms with E-state index in [1.54, 1.807) is 4.90 Å². The first-order valence-electron chi connectivity index (χ1n) is 8.44. The first-order chi connectivity index (χ1) is 9.99. The van der Waals surface area contributed by atoms with E-state index in [0.29, 0.717) is 13.0 Å². The number of alkyl halides is 3. The highest BCUT2D eigenvalue weighted by atomic mass is 19.4. The second-order valence-electron chi connectivity index (χ2n) is 6.47. The number of fused-ring (bicyclic) bond motifs is 3. The highest BCUT2D eigenvalue weighted by Crippen LogP contribution is 2.42. The van der Waals surface area contributed by atoms with Crippen LogP contribution in [0.2, 0.25) is 0 Å². The fourth-order valence-corrected chi connectivity index (χ4v) is 3.89. The van der Waals surface area contributed by atoms with Gasteiger partial charge in [-0.05, 0) is 25.7 Å². The zero-order chi connectivity index (χ0) is 15.5. The van der Waals surface area contributed by atoms with E-state index < -0.39 is 18.3 Å². The van der Waals surface area contributed by atoms with Crippen LogP contribution in [0.15, 0.2) is 0 Å². The quantitative estimate of drug-likeness (QED) is 0.685. The van der Waals surface area contributed by atoms with Crippen LogP contribution in [0.25, 0.3) is 0 Å². The minimum absolute atomic E-state index is 0.0414. The normalized spacial score (nSPS) is 30.3. The third kappa shape index (κ3) is 3.92. The molecular weight excluding hydrogens is 279 g/mol. The van der Waals surface area contributed by atoms with Crippen molar-refractivity contribution in [3.05, 3.63) is 0 Å². The first-order valence-corrected chi connectivity index (χ1v) is 8.44. The first kappa shape index (κ1) is 17.1. The Labute approximate surface area is 126 Å². The summed E-state index contributed by atoms with van der Waals surface area (Å²) in [6.07, 6.45) is 2.43. The largest absolute Gasteiger partial charge is 0.406 e. The molecule has 2 bridgehead atoms. The van der Waals surface area contributed by atoms with Gasteiger partial charge in [-0.3, -0.25) is 4.90 Å². The SMILES string of the molecule is CCCCC(CCCC)N1C2CCC(OC2)[C@@H]1C(F)(F)F. The van der Waals surface area contributed by atoms with Gasteiger partial charge in [-0.2, -0.15) is 13.2 Å². The molecule has 0 N–H and O–H groups in total. The molecular formula is C16H28F3NO. The summed E-state index contributed by atoms with van der Waals surface area (Å²) >= 11 is 0. The van der Waals surface area contributed by atoms with Gasteiger partial charge in [0.25, 0.3) is 0 Å². The van der Waals surface area contributed by atoms with Crippen molar-refractivity contribution in [2.45, 2.75) is 95.6 Å². The fourth-order valence-electron chi connectivity index (χ4n) is 3.89. The lowest BCUT2D eigenvalue weighted by Crippen LogP contribution is -2.68. The second kappa shape index (κ2) is 7.32. The number of hydrogen-bond acceptors (Lipinski definition) is 2. The van der Waals surface area contributed by atoms with Crippen LogP contribution in [-0.2, 0) is 4.74 Å². The summed E-state index contributed by atoms with van der Waals surface area (Å²) in [6, 6.07) is -1.36. The molecule has 21 heavy (non-hydrogen) atoms. The van der Waals surface area contributed by atoms with E-state index in [0.717, 1.165) is 44.9 Å². The molecule has 0 aromatic rings. The molecule has 5 heteroatoms. The Morgan fingerprint density at radius 2 is 1.71 bits per heavy atom. The summed E-state index contributed by atoms with van der Waals surface area (Å²) in [5.74, 6) is 0. The van der Waals surface area contributed by atoms with Gasteiger partial charge in [0.15, 0.2) is 0 Å². The summed E-state index contributed by atoms with van der Waals surface area (Å²) in [6.45, 7) is 4.68. The number of halogens is 3. The van der Waals surface area contributed by atoms with Gasteiger partial charge in [0.2, 0.25) is 0 Å². The number of hydrogen-bond donors (Lipinski definition) is 0. The molecule has 124 valence electrons. The Morgan fingerprint density at radius 3 is 2.14 bits per heavy atom. The smallest absolute Gasteiger partial charge is 0.375 e. The molecule has 0 spiro atoms. The van der Waals surface area contributed by atoms with Crippen molar-refractivity contribution in [1.82, 2.24) is 4.90 Å². The number of unbranched alkanes of at least 4 members (excludes halogenated alkanes) is 2. The van der Waals surface area contributed by atoms with Crippen LogP contribution in [0.5, 0.6) is 0 Å². The molecule has 3 aliphatic rings. The molecule has 3 saturated heterocycles. The lowest BCUT2D eigenvalue weighted by molar-refractivity contribution is -0.271. The van der Waals surface area contributed by atoms with Crippen LogP contribution in [0.4, 0.5) is 13.2 Å². The minimum atomic E-state index is -4.18. The highest BCUT2D eigenvalue weighted by Gasteiger charge is 2.57. The van der Waals surface area contributed by atoms with E-state index in [1.165, 1.54) is 0 Å². The summed E-state index contributed by atoms with van der Waals surface area (Å²) in [5.41, 5.74) is 0. The topological polar surface area (TPSA) is 12.5 Å². The third-order valence-corrected chi connectivity index (χ3v) is 4.92. The van der Waals surface area contributed by atoms with Gasteiger partial charge in [0, 0.05) is 12.1 Å². The zero-order valence-electron chi connectivity index (χ0n) is 13.2. The Morgan fingerprint density at radius 1 is 1.10 bits per heavy atom. The number of nitrogens with zero attached hydrogens (tertiary/aromatic N) is 1. The number of ether oxygens (including phenoxy) is 1. The van der Waals surface area contributed by atoms with Crippen molar-refractivity contribution in [1.29, 1.82) is 0 Å². The van der Waals surface area contributed by atoms with Crippen LogP contribution in [0.3, 0.4) is 0 Å². The minimum Gasteiger partial charge on any atom is -0.375 e. The number of morpholine rings is 1. The van der Waals surface area contributed by atoms with E-state index in [2.05, 4.69) is 13.8 Å². The predicted octanol–water partition coefficient (Wildman–Crippen LogP) is 4.53. The Hall–Kier alpha value is -0.290. The molecule has 0 radical (unpaired) electrons. The van der Waals surface area contributed by atoms with Crippen LogP contribution in [0, 0.1) is 0 Å². The Kier molecular flexibility index (Phi) is 5.95. The predicted molar refractivity (Wildman–Crippen MR) is 77.3 cm³/mol. The molecule has 0 saturated carbocycles. The van der Waals surface area contributed by atoms with Crippen LogP contribution in [-0.4, -0.2) is 41.9 Å². The fraction of sp³-hybridized carbons (Fsp3) is 1.00.